The standard InChI is InChI=1S/C15H19N3O2S/c1-10(2)20-12-5-3-11(4-6-12)17-15(19)13-9-21-14(18-13)7-8-16/h3-6,9-10H,7-8,16H2,1-2H3,(H,17,19). The van der Waals surface area contributed by atoms with Crippen LogP contribution in [-0.4, -0.2) is 23.5 Å². The molecule has 1 aromatic carbocycles. The molecule has 112 valence electrons. The van der Waals surface area contributed by atoms with Gasteiger partial charge in [-0.15, -0.1) is 11.3 Å². The maximum atomic E-state index is 12.1. The van der Waals surface area contributed by atoms with Crippen LogP contribution in [0.3, 0.4) is 0 Å². The summed E-state index contributed by atoms with van der Waals surface area (Å²) in [5, 5.41) is 5.44. The van der Waals surface area contributed by atoms with E-state index in [0.717, 1.165) is 10.8 Å². The van der Waals surface area contributed by atoms with E-state index in [9.17, 15) is 4.79 Å². The van der Waals surface area contributed by atoms with E-state index in [1.54, 1.807) is 5.38 Å². The number of aromatic nitrogens is 1. The van der Waals surface area contributed by atoms with Crippen molar-refractivity contribution in [2.24, 2.45) is 5.73 Å². The first-order valence-electron chi connectivity index (χ1n) is 6.81. The van der Waals surface area contributed by atoms with Gasteiger partial charge in [0.25, 0.3) is 5.91 Å². The fourth-order valence-corrected chi connectivity index (χ4v) is 2.53. The molecule has 0 atom stereocenters. The third-order valence-electron chi connectivity index (χ3n) is 2.63. The lowest BCUT2D eigenvalue weighted by Gasteiger charge is -2.10. The number of anilines is 1. The smallest absolute Gasteiger partial charge is 0.275 e. The molecule has 0 saturated heterocycles. The zero-order chi connectivity index (χ0) is 15.2. The molecule has 6 heteroatoms. The number of amides is 1. The minimum Gasteiger partial charge on any atom is -0.491 e. The fraction of sp³-hybridized carbons (Fsp3) is 0.333. The largest absolute Gasteiger partial charge is 0.491 e. The fourth-order valence-electron chi connectivity index (χ4n) is 1.74. The van der Waals surface area contributed by atoms with Crippen LogP contribution in [0, 0.1) is 0 Å². The van der Waals surface area contributed by atoms with Crippen LogP contribution >= 0.6 is 11.3 Å². The number of nitrogens with two attached hydrogens (primary N) is 1. The van der Waals surface area contributed by atoms with Gasteiger partial charge in [0.2, 0.25) is 0 Å². The molecule has 3 N–H and O–H groups in total. The second kappa shape index (κ2) is 7.19. The number of hydrogen-bond donors (Lipinski definition) is 2. The first-order chi connectivity index (χ1) is 10.1. The first kappa shape index (κ1) is 15.5. The molecular formula is C15H19N3O2S. The molecule has 1 heterocycles. The lowest BCUT2D eigenvalue weighted by molar-refractivity contribution is 0.102. The van der Waals surface area contributed by atoms with Crippen LogP contribution in [0.1, 0.15) is 29.3 Å². The van der Waals surface area contributed by atoms with Gasteiger partial charge in [0.1, 0.15) is 11.4 Å². The summed E-state index contributed by atoms with van der Waals surface area (Å²) >= 11 is 1.45. The van der Waals surface area contributed by atoms with Gasteiger partial charge < -0.3 is 15.8 Å². The molecule has 0 aliphatic heterocycles. The molecular weight excluding hydrogens is 286 g/mol. The number of nitrogens with one attached hydrogen (secondary N) is 1. The molecule has 0 aliphatic carbocycles. The van der Waals surface area contributed by atoms with E-state index in [4.69, 9.17) is 10.5 Å². The van der Waals surface area contributed by atoms with Crippen LogP contribution < -0.4 is 15.8 Å². The van der Waals surface area contributed by atoms with Crippen molar-refractivity contribution in [2.75, 3.05) is 11.9 Å². The van der Waals surface area contributed by atoms with E-state index in [-0.39, 0.29) is 12.0 Å². The number of nitrogens with zero attached hydrogens (tertiary/aromatic N) is 1. The molecule has 0 radical (unpaired) electrons. The van der Waals surface area contributed by atoms with Crippen molar-refractivity contribution in [1.29, 1.82) is 0 Å². The Morgan fingerprint density at radius 3 is 2.71 bits per heavy atom. The van der Waals surface area contributed by atoms with Crippen LogP contribution in [0.25, 0.3) is 0 Å². The lowest BCUT2D eigenvalue weighted by atomic mass is 10.3. The van der Waals surface area contributed by atoms with Crippen LogP contribution in [0.5, 0.6) is 5.75 Å². The molecule has 0 unspecified atom stereocenters. The highest BCUT2D eigenvalue weighted by molar-refractivity contribution is 7.09. The van der Waals surface area contributed by atoms with Crippen molar-refractivity contribution < 1.29 is 9.53 Å². The minimum absolute atomic E-state index is 0.126. The van der Waals surface area contributed by atoms with E-state index < -0.39 is 0 Å². The van der Waals surface area contributed by atoms with E-state index in [0.29, 0.717) is 24.3 Å². The number of hydrogen-bond acceptors (Lipinski definition) is 5. The van der Waals surface area contributed by atoms with E-state index in [1.807, 2.05) is 38.1 Å². The van der Waals surface area contributed by atoms with Crippen molar-refractivity contribution in [3.8, 4) is 5.75 Å². The van der Waals surface area contributed by atoms with E-state index >= 15 is 0 Å². The van der Waals surface area contributed by atoms with Crippen LogP contribution in [0.4, 0.5) is 5.69 Å². The molecule has 0 saturated carbocycles. The topological polar surface area (TPSA) is 77.2 Å². The Morgan fingerprint density at radius 2 is 2.10 bits per heavy atom. The molecule has 1 aromatic heterocycles. The van der Waals surface area contributed by atoms with Crippen LogP contribution in [-0.2, 0) is 6.42 Å². The third kappa shape index (κ3) is 4.54. The number of benzene rings is 1. The van der Waals surface area contributed by atoms with Gasteiger partial charge in [0.05, 0.1) is 11.1 Å². The van der Waals surface area contributed by atoms with Crippen molar-refractivity contribution in [3.05, 3.63) is 40.3 Å². The molecule has 0 fully saturated rings. The molecule has 1 amide bonds. The van der Waals surface area contributed by atoms with Gasteiger partial charge in [-0.25, -0.2) is 4.98 Å². The summed E-state index contributed by atoms with van der Waals surface area (Å²) in [4.78, 5) is 16.3. The minimum atomic E-state index is -0.216. The number of carbonyl (C=O) groups excluding carboxylic acids is 1. The predicted octanol–water partition coefficient (Wildman–Crippen LogP) is 2.68. The maximum absolute atomic E-state index is 12.1. The SMILES string of the molecule is CC(C)Oc1ccc(NC(=O)c2csc(CCN)n2)cc1. The summed E-state index contributed by atoms with van der Waals surface area (Å²) in [6, 6.07) is 7.28. The average molecular weight is 305 g/mol. The van der Waals surface area contributed by atoms with Gasteiger partial charge in [0, 0.05) is 17.5 Å². The van der Waals surface area contributed by atoms with Crippen molar-refractivity contribution >= 4 is 22.9 Å². The Hall–Kier alpha value is -1.92. The summed E-state index contributed by atoms with van der Waals surface area (Å²) in [5.74, 6) is 0.564. The normalized spacial score (nSPS) is 10.7. The number of carbonyl (C=O) groups is 1. The zero-order valence-corrected chi connectivity index (χ0v) is 12.9. The predicted molar refractivity (Wildman–Crippen MR) is 85.0 cm³/mol. The second-order valence-corrected chi connectivity index (χ2v) is 5.75. The molecule has 0 bridgehead atoms. The Bertz CT molecular complexity index is 593. The Morgan fingerprint density at radius 1 is 1.38 bits per heavy atom. The highest BCUT2D eigenvalue weighted by atomic mass is 32.1. The van der Waals surface area contributed by atoms with Crippen molar-refractivity contribution in [3.63, 3.8) is 0 Å². The van der Waals surface area contributed by atoms with Crippen LogP contribution in [0.15, 0.2) is 29.6 Å². The maximum Gasteiger partial charge on any atom is 0.275 e. The summed E-state index contributed by atoms with van der Waals surface area (Å²) in [5.41, 5.74) is 6.61. The van der Waals surface area contributed by atoms with Gasteiger partial charge in [-0.1, -0.05) is 0 Å². The molecule has 0 spiro atoms. The van der Waals surface area contributed by atoms with Crippen molar-refractivity contribution in [1.82, 2.24) is 4.98 Å². The van der Waals surface area contributed by atoms with Gasteiger partial charge in [0.15, 0.2) is 0 Å². The van der Waals surface area contributed by atoms with Gasteiger partial charge in [-0.05, 0) is 44.7 Å². The first-order valence-corrected chi connectivity index (χ1v) is 7.69. The summed E-state index contributed by atoms with van der Waals surface area (Å²) < 4.78 is 5.55. The Balaban J connectivity index is 1.98. The van der Waals surface area contributed by atoms with Gasteiger partial charge in [-0.2, -0.15) is 0 Å². The molecule has 2 aromatic rings. The third-order valence-corrected chi connectivity index (χ3v) is 3.54. The lowest BCUT2D eigenvalue weighted by Crippen LogP contribution is -2.13. The van der Waals surface area contributed by atoms with E-state index in [2.05, 4.69) is 10.3 Å². The average Bonchev–Trinajstić information content (AvgIpc) is 2.89. The highest BCUT2D eigenvalue weighted by Gasteiger charge is 2.10. The van der Waals surface area contributed by atoms with Crippen molar-refractivity contribution in [2.45, 2.75) is 26.4 Å². The van der Waals surface area contributed by atoms with E-state index in [1.165, 1.54) is 11.3 Å². The molecule has 5 nitrogen and oxygen atoms in total. The zero-order valence-electron chi connectivity index (χ0n) is 12.1. The van der Waals surface area contributed by atoms with Crippen LogP contribution in [0.2, 0.25) is 0 Å². The number of ether oxygens (including phenoxy) is 1. The number of thiazole rings is 1. The molecule has 21 heavy (non-hydrogen) atoms. The summed E-state index contributed by atoms with van der Waals surface area (Å²) in [7, 11) is 0. The molecule has 2 rings (SSSR count). The Kier molecular flexibility index (Phi) is 5.30. The monoisotopic (exact) mass is 305 g/mol. The molecule has 0 aliphatic rings. The summed E-state index contributed by atoms with van der Waals surface area (Å²) in [6.07, 6.45) is 0.820. The van der Waals surface area contributed by atoms with Gasteiger partial charge >= 0.3 is 0 Å². The van der Waals surface area contributed by atoms with Gasteiger partial charge in [-0.3, -0.25) is 4.79 Å². The Labute approximate surface area is 128 Å². The second-order valence-electron chi connectivity index (χ2n) is 4.81. The quantitative estimate of drug-likeness (QED) is 0.860. The number of rotatable bonds is 6. The highest BCUT2D eigenvalue weighted by Crippen LogP contribution is 2.18. The summed E-state index contributed by atoms with van der Waals surface area (Å²) in [6.45, 7) is 4.47.